The molecule has 4 aromatic rings. The van der Waals surface area contributed by atoms with Gasteiger partial charge in [-0.05, 0) is 46.0 Å². The zero-order valence-corrected chi connectivity index (χ0v) is 27.2. The lowest BCUT2D eigenvalue weighted by atomic mass is 9.98. The maximum Gasteiger partial charge on any atom is 0.411 e. The molecule has 2 aliphatic rings. The Labute approximate surface area is 280 Å². The van der Waals surface area contributed by atoms with Gasteiger partial charge in [0.15, 0.2) is 0 Å². The highest BCUT2D eigenvalue weighted by Crippen LogP contribution is 2.31. The van der Waals surface area contributed by atoms with E-state index in [1.165, 1.54) is 0 Å². The minimum atomic E-state index is -0.779. The average molecular weight is 649 g/mol. The van der Waals surface area contributed by atoms with Crippen LogP contribution in [-0.4, -0.2) is 82.6 Å². The zero-order valence-electron chi connectivity index (χ0n) is 27.2. The number of hydrogen-bond donors (Lipinski definition) is 2. The van der Waals surface area contributed by atoms with Crippen LogP contribution in [0.2, 0.25) is 0 Å². The van der Waals surface area contributed by atoms with E-state index < -0.39 is 18.3 Å². The van der Waals surface area contributed by atoms with Gasteiger partial charge in [0.25, 0.3) is 0 Å². The Morgan fingerprint density at radius 2 is 1.62 bits per heavy atom. The lowest BCUT2D eigenvalue weighted by Crippen LogP contribution is -2.66. The van der Waals surface area contributed by atoms with Crippen LogP contribution in [0, 0.1) is 0 Å². The molecule has 11 nitrogen and oxygen atoms in total. The number of carbonyl (C=O) groups is 4. The van der Waals surface area contributed by atoms with Crippen molar-refractivity contribution in [3.63, 3.8) is 0 Å². The highest BCUT2D eigenvalue weighted by atomic mass is 16.5. The summed E-state index contributed by atoms with van der Waals surface area (Å²) in [5.41, 5.74) is 3.27. The second kappa shape index (κ2) is 14.6. The van der Waals surface area contributed by atoms with Gasteiger partial charge in [-0.25, -0.2) is 9.59 Å². The molecule has 0 aliphatic carbocycles. The number of urea groups is 1. The number of nitrogens with one attached hydrogen (secondary N) is 2. The molecule has 5 amide bonds. The van der Waals surface area contributed by atoms with Crippen molar-refractivity contribution in [3.05, 3.63) is 114 Å². The molecule has 48 heavy (non-hydrogen) atoms. The summed E-state index contributed by atoms with van der Waals surface area (Å²) in [7, 11) is 1.57. The van der Waals surface area contributed by atoms with E-state index in [4.69, 9.17) is 4.74 Å². The summed E-state index contributed by atoms with van der Waals surface area (Å²) in [6, 6.07) is 29.7. The summed E-state index contributed by atoms with van der Waals surface area (Å²) in [6.07, 6.45) is -0.114. The van der Waals surface area contributed by atoms with Crippen molar-refractivity contribution in [3.8, 4) is 0 Å². The number of benzene rings is 4. The second-order valence-electron chi connectivity index (χ2n) is 12.0. The molecule has 0 saturated carbocycles. The van der Waals surface area contributed by atoms with Gasteiger partial charge in [0, 0.05) is 32.2 Å². The fourth-order valence-corrected chi connectivity index (χ4v) is 6.54. The monoisotopic (exact) mass is 648 g/mol. The van der Waals surface area contributed by atoms with Crippen LogP contribution in [0.3, 0.4) is 0 Å². The van der Waals surface area contributed by atoms with E-state index in [9.17, 15) is 19.2 Å². The predicted molar refractivity (Wildman–Crippen MR) is 182 cm³/mol. The van der Waals surface area contributed by atoms with E-state index in [1.54, 1.807) is 34.1 Å². The van der Waals surface area contributed by atoms with Crippen molar-refractivity contribution >= 4 is 40.4 Å². The molecule has 0 spiro atoms. The van der Waals surface area contributed by atoms with Gasteiger partial charge >= 0.3 is 12.1 Å². The smallest absolute Gasteiger partial charge is 0.411 e. The number of rotatable bonds is 10. The van der Waals surface area contributed by atoms with E-state index in [0.29, 0.717) is 25.2 Å². The fourth-order valence-electron chi connectivity index (χ4n) is 6.54. The molecule has 0 unspecified atom stereocenters. The van der Waals surface area contributed by atoms with Crippen LogP contribution in [0.15, 0.2) is 97.1 Å². The quantitative estimate of drug-likeness (QED) is 0.251. The van der Waals surface area contributed by atoms with Crippen molar-refractivity contribution < 1.29 is 23.9 Å². The van der Waals surface area contributed by atoms with Crippen molar-refractivity contribution in [2.24, 2.45) is 0 Å². The van der Waals surface area contributed by atoms with E-state index in [2.05, 4.69) is 16.7 Å². The van der Waals surface area contributed by atoms with Crippen LogP contribution >= 0.6 is 0 Å². The first-order valence-electron chi connectivity index (χ1n) is 16.2. The molecular weight excluding hydrogens is 608 g/mol. The summed E-state index contributed by atoms with van der Waals surface area (Å²) < 4.78 is 5.33. The van der Waals surface area contributed by atoms with Gasteiger partial charge < -0.3 is 19.9 Å². The highest BCUT2D eigenvalue weighted by Gasteiger charge is 2.52. The van der Waals surface area contributed by atoms with Crippen molar-refractivity contribution in [1.29, 1.82) is 0 Å². The summed E-state index contributed by atoms with van der Waals surface area (Å²) in [4.78, 5) is 56.8. The normalized spacial score (nSPS) is 17.7. The van der Waals surface area contributed by atoms with Crippen LogP contribution in [0.25, 0.3) is 10.8 Å². The Morgan fingerprint density at radius 3 is 2.38 bits per heavy atom. The molecule has 0 bridgehead atoms. The van der Waals surface area contributed by atoms with Gasteiger partial charge in [0.05, 0.1) is 13.1 Å². The summed E-state index contributed by atoms with van der Waals surface area (Å²) in [5, 5.41) is 11.0. The van der Waals surface area contributed by atoms with Crippen molar-refractivity contribution in [1.82, 2.24) is 25.1 Å². The molecule has 0 aromatic heterocycles. The molecule has 11 heteroatoms. The highest BCUT2D eigenvalue weighted by molar-refractivity contribution is 5.92. The predicted octanol–water partition coefficient (Wildman–Crippen LogP) is 4.98. The van der Waals surface area contributed by atoms with Gasteiger partial charge in [-0.1, -0.05) is 91.9 Å². The maximum atomic E-state index is 14.3. The molecule has 2 saturated heterocycles. The first kappa shape index (κ1) is 32.5. The first-order chi connectivity index (χ1) is 23.4. The van der Waals surface area contributed by atoms with Crippen LogP contribution in [-0.2, 0) is 33.9 Å². The van der Waals surface area contributed by atoms with Crippen LogP contribution in [0.4, 0.5) is 15.3 Å². The third kappa shape index (κ3) is 6.96. The maximum absolute atomic E-state index is 14.3. The largest absolute Gasteiger partial charge is 0.444 e. The molecule has 2 heterocycles. The summed E-state index contributed by atoms with van der Waals surface area (Å²) in [6.45, 7) is 3.19. The Kier molecular flexibility index (Phi) is 9.86. The third-order valence-electron chi connectivity index (χ3n) is 8.84. The number of amides is 5. The average Bonchev–Trinajstić information content (AvgIpc) is 3.43. The van der Waals surface area contributed by atoms with E-state index in [0.717, 1.165) is 27.5 Å². The number of nitrogens with zero attached hydrogens (tertiary/aromatic N) is 4. The Morgan fingerprint density at radius 1 is 0.896 bits per heavy atom. The fraction of sp³-hybridized carbons (Fsp3) is 0.297. The number of hydrazine groups is 1. The first-order valence-corrected chi connectivity index (χ1v) is 16.2. The van der Waals surface area contributed by atoms with Crippen LogP contribution < -0.4 is 10.6 Å². The topological polar surface area (TPSA) is 115 Å². The number of anilines is 1. The molecule has 2 fully saturated rings. The third-order valence-corrected chi connectivity index (χ3v) is 8.84. The van der Waals surface area contributed by atoms with E-state index in [-0.39, 0.29) is 44.0 Å². The molecule has 248 valence electrons. The number of carbonyl (C=O) groups excluding carboxylic acids is 4. The minimum Gasteiger partial charge on any atom is -0.444 e. The molecule has 6 rings (SSSR count). The van der Waals surface area contributed by atoms with Gasteiger partial charge in [0.2, 0.25) is 11.8 Å². The molecule has 2 N–H and O–H groups in total. The van der Waals surface area contributed by atoms with Crippen LogP contribution in [0.5, 0.6) is 0 Å². The molecular formula is C37H40N6O5. The lowest BCUT2D eigenvalue weighted by molar-refractivity contribution is -0.157. The Hall–Kier alpha value is -5.42. The van der Waals surface area contributed by atoms with Gasteiger partial charge in [-0.2, -0.15) is 5.01 Å². The summed E-state index contributed by atoms with van der Waals surface area (Å²) >= 11 is 0. The number of piperazine rings is 1. The molecule has 0 radical (unpaired) electrons. The van der Waals surface area contributed by atoms with Crippen LogP contribution in [0.1, 0.15) is 30.0 Å². The van der Waals surface area contributed by atoms with E-state index >= 15 is 0 Å². The Bertz CT molecular complexity index is 1780. The van der Waals surface area contributed by atoms with Crippen molar-refractivity contribution in [2.45, 2.75) is 45.1 Å². The van der Waals surface area contributed by atoms with E-state index in [1.807, 2.05) is 90.7 Å². The molecule has 4 aromatic carbocycles. The summed E-state index contributed by atoms with van der Waals surface area (Å²) in [5.74, 6) is -0.351. The van der Waals surface area contributed by atoms with Gasteiger partial charge in [-0.3, -0.25) is 19.9 Å². The van der Waals surface area contributed by atoms with Gasteiger partial charge in [-0.15, -0.1) is 0 Å². The molecule has 2 aliphatic heterocycles. The second-order valence-corrected chi connectivity index (χ2v) is 12.0. The molecule has 2 atom stereocenters. The lowest BCUT2D eigenvalue weighted by Gasteiger charge is -2.46. The number of fused-ring (bicyclic) bond motifs is 2. The number of hydrogen-bond acceptors (Lipinski definition) is 6. The standard InChI is InChI=1S/C37H40N6O5/c1-3-20-41(36(46)38-2)42-24-34(44)43-32(21-26-16-18-30(19-17-26)39-37(47)48-25-27-10-5-4-6-11-27)35(45)40(23-33(42)43)22-29-14-9-13-28-12-7-8-15-31(28)29/h4-19,32-33H,3,20-25H2,1-2H3,(H,38,46)(H,39,47)/t32-,33+/m0/s1. The zero-order chi connectivity index (χ0) is 33.6. The number of ether oxygens (including phenoxy) is 1. The minimum absolute atomic E-state index is 0.00206. The van der Waals surface area contributed by atoms with Gasteiger partial charge in [0.1, 0.15) is 18.8 Å². The SMILES string of the molecule is CCCN(C(=O)NC)N1CC(=O)N2[C@@H](Cc3ccc(NC(=O)OCc4ccccc4)cc3)C(=O)N(Cc3cccc4ccccc34)C[C@@H]21. The Balaban J connectivity index is 1.24. The van der Waals surface area contributed by atoms with Crippen molar-refractivity contribution in [2.75, 3.05) is 32.0 Å².